The minimum atomic E-state index is -3.05. The third-order valence-electron chi connectivity index (χ3n) is 5.95. The molecule has 4 aliphatic rings. The molecule has 0 spiro atoms. The van der Waals surface area contributed by atoms with Gasteiger partial charge in [-0.25, -0.2) is 13.6 Å². The van der Waals surface area contributed by atoms with Crippen LogP contribution in [0, 0.1) is 5.92 Å². The van der Waals surface area contributed by atoms with E-state index in [1.807, 2.05) is 6.07 Å². The van der Waals surface area contributed by atoms with Crippen LogP contribution in [0.1, 0.15) is 37.3 Å². The molecule has 4 heterocycles. The van der Waals surface area contributed by atoms with Gasteiger partial charge in [0.05, 0.1) is 36.6 Å². The smallest absolute Gasteiger partial charge is 0.407 e. The Hall–Kier alpha value is -2.91. The minimum absolute atomic E-state index is 0.133. The average Bonchev–Trinajstić information content (AvgIpc) is 3.33. The molecule has 6 rings (SSSR count). The van der Waals surface area contributed by atoms with E-state index in [2.05, 4.69) is 25.8 Å². The molecular formula is C19H21F2N5O3. The summed E-state index contributed by atoms with van der Waals surface area (Å²) < 4.78 is 39.7. The number of aromatic amines is 1. The molecule has 1 unspecified atom stereocenters. The van der Waals surface area contributed by atoms with E-state index >= 15 is 0 Å². The van der Waals surface area contributed by atoms with E-state index in [1.54, 1.807) is 12.3 Å². The third-order valence-corrected chi connectivity index (χ3v) is 5.95. The molecule has 3 N–H and O–H groups in total. The van der Waals surface area contributed by atoms with Crippen molar-refractivity contribution in [1.29, 1.82) is 0 Å². The normalized spacial score (nSPS) is 30.5. The SMILES string of the molecule is O=C1N[C@@H]2CC(COc3cncc(c3)Nc3cc([nH]n3)[C@H]3CC[C@H](C3)O1)C2(F)F. The molecule has 2 aliphatic heterocycles. The number of hydrogen-bond acceptors (Lipinski definition) is 6. The minimum Gasteiger partial charge on any atom is -0.491 e. The fraction of sp³-hybridized carbons (Fsp3) is 0.526. The summed E-state index contributed by atoms with van der Waals surface area (Å²) in [7, 11) is 0. The van der Waals surface area contributed by atoms with Crippen molar-refractivity contribution in [3.63, 3.8) is 0 Å². The summed E-state index contributed by atoms with van der Waals surface area (Å²) in [6.07, 6.45) is 4.27. The molecule has 29 heavy (non-hydrogen) atoms. The van der Waals surface area contributed by atoms with E-state index < -0.39 is 24.0 Å². The van der Waals surface area contributed by atoms with Crippen molar-refractivity contribution < 1.29 is 23.0 Å². The van der Waals surface area contributed by atoms with Crippen molar-refractivity contribution in [1.82, 2.24) is 20.5 Å². The topological polar surface area (TPSA) is 101 Å². The fourth-order valence-electron chi connectivity index (χ4n) is 4.23. The summed E-state index contributed by atoms with van der Waals surface area (Å²) in [5.41, 5.74) is 1.59. The molecule has 4 atom stereocenters. The van der Waals surface area contributed by atoms with Gasteiger partial charge in [0.25, 0.3) is 5.92 Å². The lowest BCUT2D eigenvalue weighted by Crippen LogP contribution is -2.63. The molecule has 10 heteroatoms. The molecule has 1 amide bonds. The molecule has 8 nitrogen and oxygen atoms in total. The molecule has 154 valence electrons. The van der Waals surface area contributed by atoms with Crippen molar-refractivity contribution >= 4 is 17.6 Å². The van der Waals surface area contributed by atoms with Crippen LogP contribution < -0.4 is 15.4 Å². The van der Waals surface area contributed by atoms with Crippen molar-refractivity contribution in [2.24, 2.45) is 5.92 Å². The quantitative estimate of drug-likeness (QED) is 0.622. The Kier molecular flexibility index (Phi) is 4.29. The van der Waals surface area contributed by atoms with Gasteiger partial charge in [-0.15, -0.1) is 0 Å². The largest absolute Gasteiger partial charge is 0.491 e. The average molecular weight is 405 g/mol. The number of ether oxygens (including phenoxy) is 2. The molecule has 2 aromatic rings. The van der Waals surface area contributed by atoms with E-state index in [0.29, 0.717) is 30.1 Å². The summed E-state index contributed by atoms with van der Waals surface area (Å²) in [5.74, 6) is -2.85. The molecule has 8 bridgehead atoms. The highest BCUT2D eigenvalue weighted by Gasteiger charge is 2.58. The number of aromatic nitrogens is 3. The van der Waals surface area contributed by atoms with Crippen LogP contribution in [0.15, 0.2) is 24.5 Å². The number of nitrogens with zero attached hydrogens (tertiary/aromatic N) is 2. The van der Waals surface area contributed by atoms with Gasteiger partial charge in [0.15, 0.2) is 5.82 Å². The van der Waals surface area contributed by atoms with Gasteiger partial charge in [-0.2, -0.15) is 5.10 Å². The zero-order valence-corrected chi connectivity index (χ0v) is 15.5. The van der Waals surface area contributed by atoms with Gasteiger partial charge in [-0.3, -0.25) is 10.1 Å². The molecule has 0 saturated heterocycles. The summed E-state index contributed by atoms with van der Waals surface area (Å²) >= 11 is 0. The molecular weight excluding hydrogens is 384 g/mol. The van der Waals surface area contributed by atoms with Crippen molar-refractivity contribution in [3.8, 4) is 5.75 Å². The number of pyridine rings is 1. The number of anilines is 2. The predicted molar refractivity (Wildman–Crippen MR) is 98.4 cm³/mol. The fourth-order valence-corrected chi connectivity index (χ4v) is 4.23. The Balaban J connectivity index is 1.40. The highest BCUT2D eigenvalue weighted by Crippen LogP contribution is 2.44. The number of alkyl halides is 2. The Morgan fingerprint density at radius 1 is 1.17 bits per heavy atom. The van der Waals surface area contributed by atoms with Gasteiger partial charge in [0.1, 0.15) is 11.9 Å². The Labute approximate surface area is 165 Å². The van der Waals surface area contributed by atoms with Crippen LogP contribution in [-0.2, 0) is 4.74 Å². The second-order valence-corrected chi connectivity index (χ2v) is 7.90. The third kappa shape index (κ3) is 3.47. The van der Waals surface area contributed by atoms with Gasteiger partial charge in [0.2, 0.25) is 0 Å². The highest BCUT2D eigenvalue weighted by molar-refractivity contribution is 5.68. The number of carbonyl (C=O) groups is 1. The summed E-state index contributed by atoms with van der Waals surface area (Å²) in [6, 6.07) is 2.38. The Bertz CT molecular complexity index is 921. The number of H-pyrrole nitrogens is 1. The molecule has 2 aromatic heterocycles. The molecule has 0 radical (unpaired) electrons. The zero-order valence-electron chi connectivity index (χ0n) is 15.5. The van der Waals surface area contributed by atoms with Crippen molar-refractivity contribution in [3.05, 3.63) is 30.2 Å². The Morgan fingerprint density at radius 3 is 2.93 bits per heavy atom. The van der Waals surface area contributed by atoms with Crippen LogP contribution in [-0.4, -0.2) is 45.9 Å². The van der Waals surface area contributed by atoms with Crippen molar-refractivity contribution in [2.45, 2.75) is 49.7 Å². The monoisotopic (exact) mass is 405 g/mol. The van der Waals surface area contributed by atoms with Gasteiger partial charge >= 0.3 is 6.09 Å². The van der Waals surface area contributed by atoms with Gasteiger partial charge in [0, 0.05) is 23.7 Å². The van der Waals surface area contributed by atoms with Crippen LogP contribution in [0.25, 0.3) is 0 Å². The van der Waals surface area contributed by atoms with E-state index in [9.17, 15) is 13.6 Å². The number of alkyl carbamates (subject to hydrolysis) is 1. The lowest BCUT2D eigenvalue weighted by atomic mass is 9.76. The number of fused-ring (bicyclic) bond motifs is 3. The second-order valence-electron chi connectivity index (χ2n) is 7.90. The van der Waals surface area contributed by atoms with Gasteiger partial charge < -0.3 is 20.1 Å². The molecule has 2 saturated carbocycles. The number of halogens is 2. The number of carbonyl (C=O) groups excluding carboxylic acids is 1. The second kappa shape index (κ2) is 6.85. The maximum Gasteiger partial charge on any atom is 0.407 e. The lowest BCUT2D eigenvalue weighted by Gasteiger charge is -2.44. The van der Waals surface area contributed by atoms with Gasteiger partial charge in [-0.1, -0.05) is 0 Å². The van der Waals surface area contributed by atoms with E-state index in [1.165, 1.54) is 6.20 Å². The predicted octanol–water partition coefficient (Wildman–Crippen LogP) is 3.33. The zero-order chi connectivity index (χ0) is 20.0. The molecule has 2 fully saturated rings. The number of rotatable bonds is 0. The Morgan fingerprint density at radius 2 is 2.07 bits per heavy atom. The van der Waals surface area contributed by atoms with Crippen LogP contribution >= 0.6 is 0 Å². The van der Waals surface area contributed by atoms with E-state index in [-0.39, 0.29) is 25.0 Å². The van der Waals surface area contributed by atoms with Crippen LogP contribution in [0.2, 0.25) is 0 Å². The summed E-state index contributed by atoms with van der Waals surface area (Å²) in [4.78, 5) is 16.2. The van der Waals surface area contributed by atoms with Crippen molar-refractivity contribution in [2.75, 3.05) is 11.9 Å². The summed E-state index contributed by atoms with van der Waals surface area (Å²) in [5, 5.41) is 12.8. The molecule has 2 aliphatic carbocycles. The highest BCUT2D eigenvalue weighted by atomic mass is 19.3. The number of amides is 1. The lowest BCUT2D eigenvalue weighted by molar-refractivity contribution is -0.169. The first kappa shape index (κ1) is 18.1. The first-order chi connectivity index (χ1) is 14.0. The van der Waals surface area contributed by atoms with E-state index in [0.717, 1.165) is 12.1 Å². The maximum absolute atomic E-state index is 14.4. The van der Waals surface area contributed by atoms with E-state index in [4.69, 9.17) is 9.47 Å². The van der Waals surface area contributed by atoms with Crippen LogP contribution in [0.4, 0.5) is 25.1 Å². The van der Waals surface area contributed by atoms with Crippen LogP contribution in [0.3, 0.4) is 0 Å². The number of hydrogen-bond donors (Lipinski definition) is 3. The summed E-state index contributed by atoms with van der Waals surface area (Å²) in [6.45, 7) is -0.164. The first-order valence-corrected chi connectivity index (χ1v) is 9.72. The standard InChI is InChI=1S/C19H21F2N5O3/c20-19(21)11-4-16(19)24-18(27)29-13-2-1-10(3-13)15-6-17(26-25-15)23-12-5-14(28-9-11)8-22-7-12/h5-8,10-11,13,16H,1-4,9H2,(H,24,27)(H2,23,25,26)/t10-,11?,13+,16+/m0/s1. The number of nitrogens with one attached hydrogen (secondary N) is 3. The maximum atomic E-state index is 14.4. The molecule has 0 aromatic carbocycles. The van der Waals surface area contributed by atoms with Crippen LogP contribution in [0.5, 0.6) is 5.75 Å². The van der Waals surface area contributed by atoms with Gasteiger partial charge in [-0.05, 0) is 25.7 Å². The first-order valence-electron chi connectivity index (χ1n) is 9.72.